The van der Waals surface area contributed by atoms with Crippen molar-refractivity contribution in [2.24, 2.45) is 7.05 Å². The zero-order valence-corrected chi connectivity index (χ0v) is 11.1. The number of benzene rings is 1. The molecule has 1 aromatic heterocycles. The number of nitrogens with one attached hydrogen (secondary N) is 1. The molecule has 2 aromatic rings. The van der Waals surface area contributed by atoms with E-state index in [1.54, 1.807) is 4.68 Å². The second-order valence-corrected chi connectivity index (χ2v) is 4.75. The molecule has 5 heteroatoms. The lowest BCUT2D eigenvalue weighted by Gasteiger charge is -2.06. The minimum Gasteiger partial charge on any atom is -0.364 e. The van der Waals surface area contributed by atoms with Gasteiger partial charge >= 0.3 is 0 Å². The summed E-state index contributed by atoms with van der Waals surface area (Å²) in [7, 11) is 1.89. The fourth-order valence-electron chi connectivity index (χ4n) is 1.36. The lowest BCUT2D eigenvalue weighted by atomic mass is 10.2. The zero-order valence-electron chi connectivity index (χ0n) is 8.74. The molecular formula is C11H11BrClN3. The van der Waals surface area contributed by atoms with E-state index in [1.807, 2.05) is 37.5 Å². The Hall–Kier alpha value is -1.000. The fraction of sp³-hybridized carbons (Fsp3) is 0.182. The van der Waals surface area contributed by atoms with Crippen LogP contribution in [0.15, 0.2) is 34.9 Å². The van der Waals surface area contributed by atoms with E-state index in [1.165, 1.54) is 0 Å². The summed E-state index contributed by atoms with van der Waals surface area (Å²) >= 11 is 9.35. The predicted octanol–water partition coefficient (Wildman–Crippen LogP) is 3.45. The van der Waals surface area contributed by atoms with E-state index in [-0.39, 0.29) is 0 Å². The first-order chi connectivity index (χ1) is 7.65. The molecule has 16 heavy (non-hydrogen) atoms. The van der Waals surface area contributed by atoms with Crippen LogP contribution in [0.5, 0.6) is 0 Å². The van der Waals surface area contributed by atoms with Gasteiger partial charge in [0.05, 0.1) is 0 Å². The van der Waals surface area contributed by atoms with Crippen LogP contribution in [0, 0.1) is 0 Å². The minimum absolute atomic E-state index is 0.717. The number of rotatable bonds is 3. The molecule has 0 fully saturated rings. The average molecular weight is 301 g/mol. The highest BCUT2D eigenvalue weighted by Gasteiger charge is 2.01. The van der Waals surface area contributed by atoms with Crippen LogP contribution < -0.4 is 5.32 Å². The molecule has 0 radical (unpaired) electrons. The summed E-state index contributed by atoms with van der Waals surface area (Å²) in [6.45, 7) is 0.717. The Morgan fingerprint density at radius 1 is 1.44 bits per heavy atom. The van der Waals surface area contributed by atoms with Crippen molar-refractivity contribution in [1.29, 1.82) is 0 Å². The summed E-state index contributed by atoms with van der Waals surface area (Å²) in [5.74, 6) is 0.865. The highest BCUT2D eigenvalue weighted by Crippen LogP contribution is 2.22. The fourth-order valence-corrected chi connectivity index (χ4v) is 2.18. The molecule has 0 aliphatic rings. The molecule has 84 valence electrons. The van der Waals surface area contributed by atoms with E-state index in [0.717, 1.165) is 27.4 Å². The average Bonchev–Trinajstić information content (AvgIpc) is 2.63. The van der Waals surface area contributed by atoms with E-state index in [9.17, 15) is 0 Å². The molecule has 0 saturated heterocycles. The molecule has 1 aromatic carbocycles. The summed E-state index contributed by atoms with van der Waals surface area (Å²) in [6, 6.07) is 7.69. The molecule has 0 aliphatic heterocycles. The van der Waals surface area contributed by atoms with Crippen molar-refractivity contribution in [2.75, 3.05) is 5.32 Å². The Morgan fingerprint density at radius 2 is 2.25 bits per heavy atom. The van der Waals surface area contributed by atoms with Gasteiger partial charge in [0.1, 0.15) is 5.82 Å². The van der Waals surface area contributed by atoms with Crippen LogP contribution in [0.1, 0.15) is 5.56 Å². The second kappa shape index (κ2) is 4.89. The maximum Gasteiger partial charge on any atom is 0.148 e. The first-order valence-electron chi connectivity index (χ1n) is 4.82. The number of aryl methyl sites for hydroxylation is 1. The van der Waals surface area contributed by atoms with Gasteiger partial charge in [-0.2, -0.15) is 5.10 Å². The Morgan fingerprint density at radius 3 is 2.88 bits per heavy atom. The third-order valence-corrected chi connectivity index (χ3v) is 3.16. The van der Waals surface area contributed by atoms with Gasteiger partial charge in [-0.25, -0.2) is 0 Å². The van der Waals surface area contributed by atoms with Gasteiger partial charge in [-0.3, -0.25) is 4.68 Å². The maximum absolute atomic E-state index is 5.87. The number of halogens is 2. The van der Waals surface area contributed by atoms with Gasteiger partial charge < -0.3 is 5.32 Å². The Bertz CT molecular complexity index is 496. The van der Waals surface area contributed by atoms with E-state index in [2.05, 4.69) is 26.3 Å². The zero-order chi connectivity index (χ0) is 11.5. The first kappa shape index (κ1) is 11.5. The highest BCUT2D eigenvalue weighted by atomic mass is 79.9. The van der Waals surface area contributed by atoms with Crippen molar-refractivity contribution in [1.82, 2.24) is 9.78 Å². The molecule has 0 spiro atoms. The molecule has 0 bridgehead atoms. The van der Waals surface area contributed by atoms with E-state index >= 15 is 0 Å². The van der Waals surface area contributed by atoms with Gasteiger partial charge in [0.25, 0.3) is 0 Å². The van der Waals surface area contributed by atoms with Crippen LogP contribution in [0.3, 0.4) is 0 Å². The molecule has 1 heterocycles. The van der Waals surface area contributed by atoms with E-state index in [4.69, 9.17) is 11.6 Å². The summed E-state index contributed by atoms with van der Waals surface area (Å²) in [4.78, 5) is 0. The number of aromatic nitrogens is 2. The van der Waals surface area contributed by atoms with Crippen LogP contribution in [-0.4, -0.2) is 9.78 Å². The topological polar surface area (TPSA) is 29.9 Å². The van der Waals surface area contributed by atoms with Crippen molar-refractivity contribution >= 4 is 33.3 Å². The molecule has 0 unspecified atom stereocenters. The molecule has 1 N–H and O–H groups in total. The number of hydrogen-bond donors (Lipinski definition) is 1. The monoisotopic (exact) mass is 299 g/mol. The van der Waals surface area contributed by atoms with Crippen molar-refractivity contribution in [3.05, 3.63) is 45.5 Å². The van der Waals surface area contributed by atoms with Crippen molar-refractivity contribution in [3.8, 4) is 0 Å². The molecular weight excluding hydrogens is 289 g/mol. The number of hydrogen-bond acceptors (Lipinski definition) is 2. The van der Waals surface area contributed by atoms with Crippen LogP contribution in [-0.2, 0) is 13.6 Å². The number of nitrogens with zero attached hydrogens (tertiary/aromatic N) is 2. The van der Waals surface area contributed by atoms with Crippen molar-refractivity contribution in [2.45, 2.75) is 6.54 Å². The van der Waals surface area contributed by atoms with Crippen molar-refractivity contribution in [3.63, 3.8) is 0 Å². The summed E-state index contributed by atoms with van der Waals surface area (Å²) < 4.78 is 2.77. The third-order valence-electron chi connectivity index (χ3n) is 2.19. The van der Waals surface area contributed by atoms with Crippen LogP contribution in [0.25, 0.3) is 0 Å². The molecule has 0 atom stereocenters. The van der Waals surface area contributed by atoms with Crippen LogP contribution in [0.4, 0.5) is 5.82 Å². The minimum atomic E-state index is 0.717. The second-order valence-electron chi connectivity index (χ2n) is 3.46. The van der Waals surface area contributed by atoms with Gasteiger partial charge in [-0.1, -0.05) is 33.6 Å². The van der Waals surface area contributed by atoms with Gasteiger partial charge in [0.2, 0.25) is 0 Å². The third kappa shape index (κ3) is 2.77. The molecule has 0 amide bonds. The lowest BCUT2D eigenvalue weighted by Crippen LogP contribution is -2.01. The van der Waals surface area contributed by atoms with Gasteiger partial charge in [-0.05, 0) is 17.7 Å². The lowest BCUT2D eigenvalue weighted by molar-refractivity contribution is 0.768. The normalized spacial score (nSPS) is 10.4. The Kier molecular flexibility index (Phi) is 3.51. The predicted molar refractivity (Wildman–Crippen MR) is 69.7 cm³/mol. The Labute approximate surface area is 108 Å². The van der Waals surface area contributed by atoms with Crippen molar-refractivity contribution < 1.29 is 0 Å². The van der Waals surface area contributed by atoms with E-state index < -0.39 is 0 Å². The smallest absolute Gasteiger partial charge is 0.148 e. The SMILES string of the molecule is Cn1ccc(NCc2ccc(Cl)cc2Br)n1. The summed E-state index contributed by atoms with van der Waals surface area (Å²) in [5.41, 5.74) is 1.15. The molecule has 0 saturated carbocycles. The van der Waals surface area contributed by atoms with Gasteiger partial charge in [-0.15, -0.1) is 0 Å². The van der Waals surface area contributed by atoms with Crippen LogP contribution >= 0.6 is 27.5 Å². The molecule has 3 nitrogen and oxygen atoms in total. The standard InChI is InChI=1S/C11H11BrClN3/c1-16-5-4-11(15-16)14-7-8-2-3-9(13)6-10(8)12/h2-6H,7H2,1H3,(H,14,15). The first-order valence-corrected chi connectivity index (χ1v) is 6.00. The largest absolute Gasteiger partial charge is 0.364 e. The molecule has 2 rings (SSSR count). The Balaban J connectivity index is 2.04. The quantitative estimate of drug-likeness (QED) is 0.941. The maximum atomic E-state index is 5.87. The summed E-state index contributed by atoms with van der Waals surface area (Å²) in [5, 5.41) is 8.20. The summed E-state index contributed by atoms with van der Waals surface area (Å²) in [6.07, 6.45) is 1.90. The van der Waals surface area contributed by atoms with Gasteiger partial charge in [0.15, 0.2) is 0 Å². The van der Waals surface area contributed by atoms with Gasteiger partial charge in [0, 0.05) is 35.4 Å². The number of anilines is 1. The molecule has 0 aliphatic carbocycles. The van der Waals surface area contributed by atoms with Crippen LogP contribution in [0.2, 0.25) is 5.02 Å². The highest BCUT2D eigenvalue weighted by molar-refractivity contribution is 9.10. The van der Waals surface area contributed by atoms with E-state index in [0.29, 0.717) is 0 Å².